The Balaban J connectivity index is 2.12. The highest BCUT2D eigenvalue weighted by molar-refractivity contribution is 9.10. The Hall–Kier alpha value is -1.48. The third kappa shape index (κ3) is 3.54. The van der Waals surface area contributed by atoms with Crippen LogP contribution in [-0.4, -0.2) is 7.11 Å². The Labute approximate surface area is 129 Å². The fraction of sp³-hybridized carbons (Fsp3) is 0.294. The standard InChI is InChI=1S/C17H20BrNO/c1-4-13-5-7-14(8-6-13)12(2)19-15-9-10-16(18)17(11-15)20-3/h5-12,19H,4H2,1-3H3. The first-order chi connectivity index (χ1) is 9.63. The minimum absolute atomic E-state index is 0.256. The van der Waals surface area contributed by atoms with E-state index < -0.39 is 0 Å². The largest absolute Gasteiger partial charge is 0.495 e. The van der Waals surface area contributed by atoms with E-state index in [0.29, 0.717) is 0 Å². The molecule has 0 saturated carbocycles. The molecule has 0 saturated heterocycles. The first-order valence-corrected chi connectivity index (χ1v) is 7.62. The molecule has 3 heteroatoms. The lowest BCUT2D eigenvalue weighted by atomic mass is 10.0. The lowest BCUT2D eigenvalue weighted by Gasteiger charge is -2.17. The van der Waals surface area contributed by atoms with Crippen molar-refractivity contribution in [3.8, 4) is 5.75 Å². The van der Waals surface area contributed by atoms with Gasteiger partial charge in [-0.2, -0.15) is 0 Å². The SMILES string of the molecule is CCc1ccc(C(C)Nc2ccc(Br)c(OC)c2)cc1. The third-order valence-corrected chi connectivity index (χ3v) is 4.08. The van der Waals surface area contributed by atoms with Crippen molar-refractivity contribution in [3.05, 3.63) is 58.1 Å². The quantitative estimate of drug-likeness (QED) is 0.812. The molecule has 0 fully saturated rings. The second-order valence-electron chi connectivity index (χ2n) is 4.81. The third-order valence-electron chi connectivity index (χ3n) is 3.42. The van der Waals surface area contributed by atoms with Crippen molar-refractivity contribution in [2.75, 3.05) is 12.4 Å². The maximum atomic E-state index is 5.32. The van der Waals surface area contributed by atoms with Crippen LogP contribution in [0.25, 0.3) is 0 Å². The molecule has 0 aromatic heterocycles. The van der Waals surface area contributed by atoms with E-state index in [1.807, 2.05) is 18.2 Å². The van der Waals surface area contributed by atoms with Gasteiger partial charge in [0.25, 0.3) is 0 Å². The Morgan fingerprint density at radius 3 is 2.45 bits per heavy atom. The summed E-state index contributed by atoms with van der Waals surface area (Å²) < 4.78 is 6.28. The predicted octanol–water partition coefficient (Wildman–Crippen LogP) is 5.19. The molecule has 106 valence electrons. The highest BCUT2D eigenvalue weighted by atomic mass is 79.9. The van der Waals surface area contributed by atoms with Gasteiger partial charge in [0.2, 0.25) is 0 Å². The molecule has 2 aromatic rings. The van der Waals surface area contributed by atoms with Gasteiger partial charge in [-0.05, 0) is 52.5 Å². The van der Waals surface area contributed by atoms with Crippen molar-refractivity contribution < 1.29 is 4.74 Å². The van der Waals surface area contributed by atoms with Crippen LogP contribution in [0.5, 0.6) is 5.75 Å². The zero-order chi connectivity index (χ0) is 14.5. The van der Waals surface area contributed by atoms with Gasteiger partial charge < -0.3 is 10.1 Å². The normalized spacial score (nSPS) is 12.0. The summed E-state index contributed by atoms with van der Waals surface area (Å²) in [7, 11) is 1.68. The van der Waals surface area contributed by atoms with E-state index in [1.165, 1.54) is 11.1 Å². The molecule has 0 heterocycles. The monoisotopic (exact) mass is 333 g/mol. The van der Waals surface area contributed by atoms with Crippen molar-refractivity contribution >= 4 is 21.6 Å². The first-order valence-electron chi connectivity index (χ1n) is 6.83. The van der Waals surface area contributed by atoms with Crippen LogP contribution >= 0.6 is 15.9 Å². The van der Waals surface area contributed by atoms with Crippen LogP contribution in [0.2, 0.25) is 0 Å². The van der Waals surface area contributed by atoms with Crippen LogP contribution in [0.15, 0.2) is 46.9 Å². The lowest BCUT2D eigenvalue weighted by molar-refractivity contribution is 0.412. The van der Waals surface area contributed by atoms with Gasteiger partial charge >= 0.3 is 0 Å². The highest BCUT2D eigenvalue weighted by Crippen LogP contribution is 2.29. The molecule has 0 aliphatic heterocycles. The Morgan fingerprint density at radius 2 is 1.85 bits per heavy atom. The Morgan fingerprint density at radius 1 is 1.15 bits per heavy atom. The second-order valence-corrected chi connectivity index (χ2v) is 5.66. The summed E-state index contributed by atoms with van der Waals surface area (Å²) in [6.07, 6.45) is 1.08. The van der Waals surface area contributed by atoms with Crippen molar-refractivity contribution in [3.63, 3.8) is 0 Å². The number of aryl methyl sites for hydroxylation is 1. The van der Waals surface area contributed by atoms with Crippen LogP contribution in [0.3, 0.4) is 0 Å². The maximum Gasteiger partial charge on any atom is 0.135 e. The molecule has 2 rings (SSSR count). The molecule has 1 unspecified atom stereocenters. The fourth-order valence-electron chi connectivity index (χ4n) is 2.12. The molecular formula is C17H20BrNO. The molecule has 0 aliphatic carbocycles. The molecule has 0 radical (unpaired) electrons. The van der Waals surface area contributed by atoms with Gasteiger partial charge in [-0.15, -0.1) is 0 Å². The van der Waals surface area contributed by atoms with E-state index in [2.05, 4.69) is 59.4 Å². The summed E-state index contributed by atoms with van der Waals surface area (Å²) >= 11 is 3.46. The molecule has 0 spiro atoms. The van der Waals surface area contributed by atoms with Crippen LogP contribution < -0.4 is 10.1 Å². The van der Waals surface area contributed by atoms with Crippen LogP contribution in [0, 0.1) is 0 Å². The number of methoxy groups -OCH3 is 1. The summed E-state index contributed by atoms with van der Waals surface area (Å²) in [5, 5.41) is 3.50. The minimum atomic E-state index is 0.256. The van der Waals surface area contributed by atoms with Crippen molar-refractivity contribution in [2.45, 2.75) is 26.3 Å². The highest BCUT2D eigenvalue weighted by Gasteiger charge is 2.07. The Bertz CT molecular complexity index is 566. The van der Waals surface area contributed by atoms with Gasteiger partial charge in [-0.3, -0.25) is 0 Å². The summed E-state index contributed by atoms with van der Waals surface area (Å²) in [6.45, 7) is 4.33. The second kappa shape index (κ2) is 6.80. The molecule has 1 N–H and O–H groups in total. The molecule has 2 aromatic carbocycles. The van der Waals surface area contributed by atoms with Gasteiger partial charge in [0.05, 0.1) is 11.6 Å². The van der Waals surface area contributed by atoms with Gasteiger partial charge in [-0.25, -0.2) is 0 Å². The van der Waals surface area contributed by atoms with E-state index >= 15 is 0 Å². The zero-order valence-electron chi connectivity index (χ0n) is 12.1. The maximum absolute atomic E-state index is 5.32. The average molecular weight is 334 g/mol. The predicted molar refractivity (Wildman–Crippen MR) is 88.6 cm³/mol. The zero-order valence-corrected chi connectivity index (χ0v) is 13.7. The first kappa shape index (κ1) is 14.9. The van der Waals surface area contributed by atoms with Gasteiger partial charge in [0, 0.05) is 17.8 Å². The molecule has 0 aliphatic rings. The van der Waals surface area contributed by atoms with Crippen LogP contribution in [0.1, 0.15) is 31.0 Å². The molecule has 0 bridgehead atoms. The average Bonchev–Trinajstić information content (AvgIpc) is 2.49. The van der Waals surface area contributed by atoms with E-state index in [4.69, 9.17) is 4.74 Å². The van der Waals surface area contributed by atoms with Gasteiger partial charge in [0.15, 0.2) is 0 Å². The minimum Gasteiger partial charge on any atom is -0.495 e. The molecule has 2 nitrogen and oxygen atoms in total. The number of nitrogens with one attached hydrogen (secondary N) is 1. The Kier molecular flexibility index (Phi) is 5.07. The molecule has 20 heavy (non-hydrogen) atoms. The molecular weight excluding hydrogens is 314 g/mol. The number of halogens is 1. The topological polar surface area (TPSA) is 21.3 Å². The van der Waals surface area contributed by atoms with E-state index in [-0.39, 0.29) is 6.04 Å². The van der Waals surface area contributed by atoms with E-state index in [1.54, 1.807) is 7.11 Å². The lowest BCUT2D eigenvalue weighted by Crippen LogP contribution is -2.06. The van der Waals surface area contributed by atoms with Crippen LogP contribution in [0.4, 0.5) is 5.69 Å². The molecule has 0 amide bonds. The number of ether oxygens (including phenoxy) is 1. The van der Waals surface area contributed by atoms with Crippen molar-refractivity contribution in [1.29, 1.82) is 0 Å². The molecule has 1 atom stereocenters. The van der Waals surface area contributed by atoms with E-state index in [9.17, 15) is 0 Å². The summed E-state index contributed by atoms with van der Waals surface area (Å²) in [6, 6.07) is 15.1. The number of benzene rings is 2. The van der Waals surface area contributed by atoms with Gasteiger partial charge in [-0.1, -0.05) is 31.2 Å². The summed E-state index contributed by atoms with van der Waals surface area (Å²) in [4.78, 5) is 0. The fourth-order valence-corrected chi connectivity index (χ4v) is 2.53. The van der Waals surface area contributed by atoms with Gasteiger partial charge in [0.1, 0.15) is 5.75 Å². The number of rotatable bonds is 5. The number of hydrogen-bond donors (Lipinski definition) is 1. The smallest absolute Gasteiger partial charge is 0.135 e. The summed E-state index contributed by atoms with van der Waals surface area (Å²) in [5.74, 6) is 0.837. The summed E-state index contributed by atoms with van der Waals surface area (Å²) in [5.41, 5.74) is 3.70. The van der Waals surface area contributed by atoms with Crippen molar-refractivity contribution in [1.82, 2.24) is 0 Å². The van der Waals surface area contributed by atoms with E-state index in [0.717, 1.165) is 22.3 Å². The number of anilines is 1. The van der Waals surface area contributed by atoms with Crippen LogP contribution in [-0.2, 0) is 6.42 Å². The number of hydrogen-bond acceptors (Lipinski definition) is 2. The van der Waals surface area contributed by atoms with Crippen molar-refractivity contribution in [2.24, 2.45) is 0 Å².